The van der Waals surface area contributed by atoms with E-state index < -0.39 is 17.9 Å². The molecular weight excluding hydrogens is 327 g/mol. The molecule has 3 rings (SSSR count). The summed E-state index contributed by atoms with van der Waals surface area (Å²) in [6.45, 7) is 0. The van der Waals surface area contributed by atoms with Crippen molar-refractivity contribution in [1.29, 1.82) is 0 Å². The maximum absolute atomic E-state index is 12.6. The lowest BCUT2D eigenvalue weighted by molar-refractivity contribution is -0.355. The third-order valence-corrected chi connectivity index (χ3v) is 3.43. The number of halogens is 3. The summed E-state index contributed by atoms with van der Waals surface area (Å²) in [5.41, 5.74) is -0.110. The number of rotatable bonds is 3. The van der Waals surface area contributed by atoms with Gasteiger partial charge in [0.1, 0.15) is 17.1 Å². The molecule has 0 saturated carbocycles. The van der Waals surface area contributed by atoms with Crippen LogP contribution >= 0.6 is 0 Å². The summed E-state index contributed by atoms with van der Waals surface area (Å²) in [5.74, 6) is -0.922. The van der Waals surface area contributed by atoms with Gasteiger partial charge in [0.2, 0.25) is 5.69 Å². The molecule has 0 fully saturated rings. The third-order valence-electron chi connectivity index (χ3n) is 3.43. The molecule has 0 bridgehead atoms. The number of methoxy groups -OCH3 is 1. The van der Waals surface area contributed by atoms with Crippen molar-refractivity contribution in [3.63, 3.8) is 0 Å². The van der Waals surface area contributed by atoms with Crippen LogP contribution in [-0.2, 0) is 0 Å². The van der Waals surface area contributed by atoms with Crippen molar-refractivity contribution >= 4 is 17.2 Å². The number of nitrogens with zero attached hydrogens (tertiary/aromatic N) is 1. The fourth-order valence-electron chi connectivity index (χ4n) is 2.51. The normalized spacial score (nSPS) is 13.9. The Balaban J connectivity index is 2.07. The van der Waals surface area contributed by atoms with Gasteiger partial charge in [0, 0.05) is 6.07 Å². The summed E-state index contributed by atoms with van der Waals surface area (Å²) in [5, 5.41) is 12.4. The second-order valence-electron chi connectivity index (χ2n) is 4.90. The van der Waals surface area contributed by atoms with Crippen molar-refractivity contribution in [3.05, 3.63) is 58.8 Å². The SMILES string of the molecule is COc1cccc2c1C(=O)C(c1cccc(OC(F)(F)F)c1)=[N+]2[O-]. The van der Waals surface area contributed by atoms with Crippen LogP contribution < -0.4 is 9.47 Å². The van der Waals surface area contributed by atoms with Crippen LogP contribution in [0.25, 0.3) is 0 Å². The predicted molar refractivity (Wildman–Crippen MR) is 77.8 cm³/mol. The summed E-state index contributed by atoms with van der Waals surface area (Å²) in [4.78, 5) is 12.6. The van der Waals surface area contributed by atoms with E-state index in [0.717, 1.165) is 12.1 Å². The van der Waals surface area contributed by atoms with E-state index in [1.807, 2.05) is 0 Å². The van der Waals surface area contributed by atoms with Gasteiger partial charge in [0.25, 0.3) is 11.5 Å². The number of benzene rings is 2. The number of hydrogen-bond donors (Lipinski definition) is 0. The lowest BCUT2D eigenvalue weighted by Gasteiger charge is -2.09. The highest BCUT2D eigenvalue weighted by atomic mass is 19.4. The van der Waals surface area contributed by atoms with Gasteiger partial charge in [-0.1, -0.05) is 12.1 Å². The first-order valence-corrected chi connectivity index (χ1v) is 6.74. The molecular formula is C16H10F3NO4. The predicted octanol–water partition coefficient (Wildman–Crippen LogP) is 3.42. The fraction of sp³-hybridized carbons (Fsp3) is 0.125. The lowest BCUT2D eigenvalue weighted by atomic mass is 10.0. The molecule has 5 nitrogen and oxygen atoms in total. The first-order chi connectivity index (χ1) is 11.3. The van der Waals surface area contributed by atoms with Gasteiger partial charge in [-0.05, 0) is 24.3 Å². The van der Waals surface area contributed by atoms with E-state index in [4.69, 9.17) is 4.74 Å². The highest BCUT2D eigenvalue weighted by Gasteiger charge is 2.39. The van der Waals surface area contributed by atoms with Crippen LogP contribution in [-0.4, -0.2) is 29.7 Å². The van der Waals surface area contributed by atoms with Gasteiger partial charge in [-0.2, -0.15) is 4.74 Å². The largest absolute Gasteiger partial charge is 0.618 e. The number of fused-ring (bicyclic) bond motifs is 1. The van der Waals surface area contributed by atoms with Crippen LogP contribution in [0, 0.1) is 5.21 Å². The zero-order valence-electron chi connectivity index (χ0n) is 12.3. The molecule has 0 saturated heterocycles. The van der Waals surface area contributed by atoms with Gasteiger partial charge < -0.3 is 14.7 Å². The van der Waals surface area contributed by atoms with Crippen LogP contribution in [0.3, 0.4) is 0 Å². The summed E-state index contributed by atoms with van der Waals surface area (Å²) < 4.78 is 46.3. The number of ketones is 1. The standard InChI is InChI=1S/C16H10F3NO4/c1-23-12-7-3-6-11-13(12)15(21)14(20(11)22)9-4-2-5-10(8-9)24-16(17,18)19/h2-8H,1H3. The summed E-state index contributed by atoms with van der Waals surface area (Å²) >= 11 is 0. The maximum Gasteiger partial charge on any atom is 0.573 e. The van der Waals surface area contributed by atoms with E-state index in [9.17, 15) is 23.2 Å². The molecule has 0 aliphatic carbocycles. The van der Waals surface area contributed by atoms with E-state index >= 15 is 0 Å². The Morgan fingerprint density at radius 3 is 2.50 bits per heavy atom. The molecule has 24 heavy (non-hydrogen) atoms. The molecule has 1 aliphatic heterocycles. The Hall–Kier alpha value is -3.03. The van der Waals surface area contributed by atoms with Gasteiger partial charge in [-0.3, -0.25) is 4.79 Å². The zero-order valence-corrected chi connectivity index (χ0v) is 12.3. The Morgan fingerprint density at radius 2 is 1.83 bits per heavy atom. The minimum Gasteiger partial charge on any atom is -0.618 e. The number of Topliss-reactive ketones (excluding diaryl/α,β-unsaturated/α-hetero) is 1. The summed E-state index contributed by atoms with van der Waals surface area (Å²) in [6, 6.07) is 9.21. The topological polar surface area (TPSA) is 61.6 Å². The maximum atomic E-state index is 12.6. The number of carbonyl (C=O) groups excluding carboxylic acids is 1. The Morgan fingerprint density at radius 1 is 1.12 bits per heavy atom. The van der Waals surface area contributed by atoms with E-state index in [1.54, 1.807) is 6.07 Å². The quantitative estimate of drug-likeness (QED) is 0.636. The van der Waals surface area contributed by atoms with Gasteiger partial charge in [0.05, 0.1) is 12.7 Å². The van der Waals surface area contributed by atoms with E-state index in [2.05, 4.69) is 4.74 Å². The van der Waals surface area contributed by atoms with Crippen LogP contribution in [0.5, 0.6) is 11.5 Å². The van der Waals surface area contributed by atoms with Crippen molar-refractivity contribution in [2.45, 2.75) is 6.36 Å². The Bertz CT molecular complexity index is 859. The minimum absolute atomic E-state index is 0.0232. The average Bonchev–Trinajstić information content (AvgIpc) is 2.77. The van der Waals surface area contributed by atoms with Gasteiger partial charge in [-0.15, -0.1) is 13.2 Å². The highest BCUT2D eigenvalue weighted by Crippen LogP contribution is 2.35. The van der Waals surface area contributed by atoms with Crippen molar-refractivity contribution in [1.82, 2.24) is 0 Å². The average molecular weight is 337 g/mol. The summed E-state index contributed by atoms with van der Waals surface area (Å²) in [7, 11) is 1.35. The number of carbonyl (C=O) groups is 1. The molecule has 2 aromatic rings. The Kier molecular flexibility index (Phi) is 3.67. The number of alkyl halides is 3. The lowest BCUT2D eigenvalue weighted by Crippen LogP contribution is -2.19. The van der Waals surface area contributed by atoms with Gasteiger partial charge in [-0.25, -0.2) is 0 Å². The number of hydrogen-bond acceptors (Lipinski definition) is 4. The fourth-order valence-corrected chi connectivity index (χ4v) is 2.51. The van der Waals surface area contributed by atoms with Gasteiger partial charge >= 0.3 is 6.36 Å². The van der Waals surface area contributed by atoms with Gasteiger partial charge in [0.15, 0.2) is 0 Å². The molecule has 0 amide bonds. The summed E-state index contributed by atoms with van der Waals surface area (Å²) in [6.07, 6.45) is -4.87. The van der Waals surface area contributed by atoms with Crippen molar-refractivity contribution < 1.29 is 32.2 Å². The molecule has 8 heteroatoms. The van der Waals surface area contributed by atoms with Crippen molar-refractivity contribution in [2.75, 3.05) is 7.11 Å². The molecule has 124 valence electrons. The first-order valence-electron chi connectivity index (χ1n) is 6.74. The minimum atomic E-state index is -4.87. The van der Waals surface area contributed by atoms with E-state index in [1.165, 1.54) is 31.4 Å². The second kappa shape index (κ2) is 5.55. The zero-order chi connectivity index (χ0) is 17.5. The van der Waals surface area contributed by atoms with Crippen molar-refractivity contribution in [2.24, 2.45) is 0 Å². The monoisotopic (exact) mass is 337 g/mol. The highest BCUT2D eigenvalue weighted by molar-refractivity contribution is 6.52. The van der Waals surface area contributed by atoms with Crippen LogP contribution in [0.4, 0.5) is 18.9 Å². The molecule has 0 radical (unpaired) electrons. The molecule has 0 unspecified atom stereocenters. The van der Waals surface area contributed by atoms with Crippen LogP contribution in [0.15, 0.2) is 42.5 Å². The second-order valence-corrected chi connectivity index (χ2v) is 4.90. The molecule has 0 atom stereocenters. The molecule has 0 N–H and O–H groups in total. The van der Waals surface area contributed by atoms with Crippen molar-refractivity contribution in [3.8, 4) is 11.5 Å². The number of ether oxygens (including phenoxy) is 2. The van der Waals surface area contributed by atoms with E-state index in [0.29, 0.717) is 4.74 Å². The van der Waals surface area contributed by atoms with E-state index in [-0.39, 0.29) is 28.3 Å². The first kappa shape index (κ1) is 15.9. The Labute approximate surface area is 134 Å². The molecule has 0 spiro atoms. The molecule has 2 aromatic carbocycles. The smallest absolute Gasteiger partial charge is 0.573 e. The third kappa shape index (κ3) is 2.66. The molecule has 1 aliphatic rings. The van der Waals surface area contributed by atoms with Crippen LogP contribution in [0.2, 0.25) is 0 Å². The van der Waals surface area contributed by atoms with Crippen LogP contribution in [0.1, 0.15) is 15.9 Å². The molecule has 1 heterocycles. The molecule has 0 aromatic heterocycles.